The monoisotopic (exact) mass is 674 g/mol. The molecule has 1 amide bonds. The first-order valence-electron chi connectivity index (χ1n) is 14.5. The van der Waals surface area contributed by atoms with Crippen molar-refractivity contribution in [2.24, 2.45) is 0 Å². The van der Waals surface area contributed by atoms with Gasteiger partial charge in [-0.15, -0.1) is 11.3 Å². The fourth-order valence-corrected chi connectivity index (χ4v) is 7.46. The van der Waals surface area contributed by atoms with Gasteiger partial charge in [0, 0.05) is 37.3 Å². The fourth-order valence-electron chi connectivity index (χ4n) is 5.07. The molecular formula is C31H33F3N6O4S2. The Balaban J connectivity index is 1.53. The average Bonchev–Trinajstić information content (AvgIpc) is 3.47. The van der Waals surface area contributed by atoms with Crippen LogP contribution in [0.25, 0.3) is 21.7 Å². The molecule has 2 aromatic carbocycles. The number of halogens is 3. The maximum Gasteiger partial charge on any atom is 0.407 e. The number of amides is 1. The van der Waals surface area contributed by atoms with Crippen molar-refractivity contribution in [3.05, 3.63) is 77.2 Å². The number of nitrogens with zero attached hydrogens (tertiary/aromatic N) is 4. The lowest BCUT2D eigenvalue weighted by Crippen LogP contribution is -2.38. The Labute approximate surface area is 269 Å². The maximum absolute atomic E-state index is 16.2. The highest BCUT2D eigenvalue weighted by atomic mass is 32.2. The van der Waals surface area contributed by atoms with Gasteiger partial charge in [0.15, 0.2) is 5.82 Å². The van der Waals surface area contributed by atoms with E-state index in [-0.39, 0.29) is 17.5 Å². The van der Waals surface area contributed by atoms with Crippen LogP contribution in [0.2, 0.25) is 0 Å². The number of carbonyl (C=O) groups is 1. The van der Waals surface area contributed by atoms with E-state index in [0.29, 0.717) is 40.6 Å². The second kappa shape index (κ2) is 13.6. The van der Waals surface area contributed by atoms with Crippen LogP contribution in [0.15, 0.2) is 59.6 Å². The SMILES string of the molecule is C[C@@H](CNc1cc(-c2sc(C3CCN(C)CC3)nc2-c2cccc(NS(=O)(=O)c3cc(F)ccc3F)c2F)ccn1)N(C)C(=O)O. The Kier molecular flexibility index (Phi) is 9.84. The number of thiazole rings is 1. The Morgan fingerprint density at radius 2 is 1.89 bits per heavy atom. The number of aromatic nitrogens is 2. The number of benzene rings is 2. The number of carboxylic acid groups (broad SMARTS) is 1. The summed E-state index contributed by atoms with van der Waals surface area (Å²) in [6.07, 6.45) is 2.25. The summed E-state index contributed by atoms with van der Waals surface area (Å²) in [6.45, 7) is 3.80. The largest absolute Gasteiger partial charge is 0.465 e. The van der Waals surface area contributed by atoms with E-state index in [9.17, 15) is 27.1 Å². The summed E-state index contributed by atoms with van der Waals surface area (Å²) in [5, 5.41) is 13.2. The number of pyridine rings is 1. The third kappa shape index (κ3) is 7.26. The minimum absolute atomic E-state index is 0.0216. The first-order valence-corrected chi connectivity index (χ1v) is 16.8. The zero-order chi connectivity index (χ0) is 33.2. The summed E-state index contributed by atoms with van der Waals surface area (Å²) in [5.41, 5.74) is 0.545. The number of hydrogen-bond acceptors (Lipinski definition) is 8. The topological polar surface area (TPSA) is 128 Å². The number of hydrogen-bond donors (Lipinski definition) is 3. The minimum Gasteiger partial charge on any atom is -0.465 e. The predicted molar refractivity (Wildman–Crippen MR) is 171 cm³/mol. The Morgan fingerprint density at radius 1 is 1.15 bits per heavy atom. The first-order chi connectivity index (χ1) is 21.8. The van der Waals surface area contributed by atoms with Gasteiger partial charge in [-0.3, -0.25) is 4.72 Å². The average molecular weight is 675 g/mol. The van der Waals surface area contributed by atoms with Gasteiger partial charge in [-0.2, -0.15) is 0 Å². The predicted octanol–water partition coefficient (Wildman–Crippen LogP) is 6.31. The highest BCUT2D eigenvalue weighted by Crippen LogP contribution is 2.43. The molecule has 0 saturated carbocycles. The molecule has 1 aliphatic rings. The Bertz CT molecular complexity index is 1850. The summed E-state index contributed by atoms with van der Waals surface area (Å²) in [7, 11) is -1.16. The molecule has 0 bridgehead atoms. The van der Waals surface area contributed by atoms with E-state index in [1.165, 1.54) is 41.5 Å². The van der Waals surface area contributed by atoms with E-state index in [2.05, 4.69) is 19.9 Å². The number of likely N-dealkylation sites (tertiary alicyclic amines) is 1. The molecule has 10 nitrogen and oxygen atoms in total. The highest BCUT2D eigenvalue weighted by Gasteiger charge is 2.28. The van der Waals surface area contributed by atoms with Crippen molar-refractivity contribution in [1.82, 2.24) is 19.8 Å². The van der Waals surface area contributed by atoms with Crippen LogP contribution in [0.4, 0.5) is 29.5 Å². The van der Waals surface area contributed by atoms with Crippen LogP contribution in [-0.4, -0.2) is 79.2 Å². The number of sulfonamides is 1. The molecular weight excluding hydrogens is 642 g/mol. The molecule has 0 radical (unpaired) electrons. The smallest absolute Gasteiger partial charge is 0.407 e. The van der Waals surface area contributed by atoms with Crippen molar-refractivity contribution >= 4 is 39.0 Å². The molecule has 2 aromatic heterocycles. The third-order valence-electron chi connectivity index (χ3n) is 7.96. The van der Waals surface area contributed by atoms with Crippen molar-refractivity contribution in [2.45, 2.75) is 36.6 Å². The molecule has 244 valence electrons. The van der Waals surface area contributed by atoms with Gasteiger partial charge in [0.05, 0.1) is 21.3 Å². The molecule has 46 heavy (non-hydrogen) atoms. The lowest BCUT2D eigenvalue weighted by molar-refractivity contribution is 0.144. The Hall–Kier alpha value is -4.21. The molecule has 1 fully saturated rings. The molecule has 1 aliphatic heterocycles. The normalized spacial score (nSPS) is 15.0. The highest BCUT2D eigenvalue weighted by molar-refractivity contribution is 7.92. The summed E-state index contributed by atoms with van der Waals surface area (Å²) >= 11 is 1.42. The standard InChI is InChI=1S/C31H33F3N6O4S2/c1-18(40(3)31(41)42)17-36-26-15-20(9-12-35-26)29-28(37-30(45-29)19-10-13-39(2)14-11-19)22-5-4-6-24(27(22)34)38-46(43,44)25-16-21(32)7-8-23(25)33/h4-9,12,15-16,18-19,38H,10-11,13-14,17H2,1-3H3,(H,35,36)(H,41,42)/t18-/m0/s1. The number of nitrogens with one attached hydrogen (secondary N) is 2. The van der Waals surface area contributed by atoms with Gasteiger partial charge in [0.1, 0.15) is 22.3 Å². The second-order valence-corrected chi connectivity index (χ2v) is 13.9. The van der Waals surface area contributed by atoms with Gasteiger partial charge in [0.25, 0.3) is 10.0 Å². The summed E-state index contributed by atoms with van der Waals surface area (Å²) in [5.74, 6) is -2.45. The summed E-state index contributed by atoms with van der Waals surface area (Å²) < 4.78 is 72.3. The second-order valence-electron chi connectivity index (χ2n) is 11.2. The van der Waals surface area contributed by atoms with Crippen molar-refractivity contribution in [3.63, 3.8) is 0 Å². The van der Waals surface area contributed by atoms with Crippen LogP contribution < -0.4 is 10.0 Å². The number of likely N-dealkylation sites (N-methyl/N-ethyl adjacent to an activating group) is 1. The van der Waals surface area contributed by atoms with Gasteiger partial charge in [-0.25, -0.2) is 36.4 Å². The molecule has 0 unspecified atom stereocenters. The lowest BCUT2D eigenvalue weighted by atomic mass is 9.98. The van der Waals surface area contributed by atoms with Crippen molar-refractivity contribution in [1.29, 1.82) is 0 Å². The van der Waals surface area contributed by atoms with E-state index in [1.54, 1.807) is 25.3 Å². The lowest BCUT2D eigenvalue weighted by Gasteiger charge is -2.27. The van der Waals surface area contributed by atoms with Crippen LogP contribution in [0, 0.1) is 17.5 Å². The number of piperidine rings is 1. The molecule has 1 saturated heterocycles. The van der Waals surface area contributed by atoms with Crippen molar-refractivity contribution in [2.75, 3.05) is 43.8 Å². The van der Waals surface area contributed by atoms with E-state index in [4.69, 9.17) is 4.98 Å². The fraction of sp³-hybridized carbons (Fsp3) is 0.323. The zero-order valence-electron chi connectivity index (χ0n) is 25.3. The first kappa shape index (κ1) is 33.2. The number of rotatable bonds is 10. The van der Waals surface area contributed by atoms with Crippen LogP contribution >= 0.6 is 11.3 Å². The molecule has 5 rings (SSSR count). The van der Waals surface area contributed by atoms with E-state index >= 15 is 4.39 Å². The van der Waals surface area contributed by atoms with Crippen molar-refractivity contribution in [3.8, 4) is 21.7 Å². The van der Waals surface area contributed by atoms with E-state index in [1.807, 2.05) is 7.05 Å². The van der Waals surface area contributed by atoms with Crippen molar-refractivity contribution < 1.29 is 31.5 Å². The molecule has 1 atom stereocenters. The molecule has 4 aromatic rings. The third-order valence-corrected chi connectivity index (χ3v) is 10.6. The maximum atomic E-state index is 16.2. The van der Waals surface area contributed by atoms with Gasteiger partial charge in [0.2, 0.25) is 0 Å². The molecule has 0 aliphatic carbocycles. The van der Waals surface area contributed by atoms with Gasteiger partial charge in [-0.05, 0) is 87.9 Å². The van der Waals surface area contributed by atoms with Gasteiger partial charge in [-0.1, -0.05) is 6.07 Å². The van der Waals surface area contributed by atoms with E-state index in [0.717, 1.165) is 37.0 Å². The molecule has 0 spiro atoms. The molecule has 3 N–H and O–H groups in total. The van der Waals surface area contributed by atoms with Gasteiger partial charge < -0.3 is 20.2 Å². The van der Waals surface area contributed by atoms with E-state index < -0.39 is 44.2 Å². The molecule has 15 heteroatoms. The van der Waals surface area contributed by atoms with Crippen LogP contribution in [0.3, 0.4) is 0 Å². The zero-order valence-corrected chi connectivity index (χ0v) is 26.9. The van der Waals surface area contributed by atoms with Crippen LogP contribution in [0.1, 0.15) is 30.7 Å². The molecule has 3 heterocycles. The number of anilines is 2. The summed E-state index contributed by atoms with van der Waals surface area (Å²) in [4.78, 5) is 23.7. The Morgan fingerprint density at radius 3 is 2.61 bits per heavy atom. The van der Waals surface area contributed by atoms with Gasteiger partial charge >= 0.3 is 6.09 Å². The summed E-state index contributed by atoms with van der Waals surface area (Å²) in [6, 6.07) is 9.31. The quantitative estimate of drug-likeness (QED) is 0.179. The minimum atomic E-state index is -4.68. The van der Waals surface area contributed by atoms with Crippen LogP contribution in [0.5, 0.6) is 0 Å². The van der Waals surface area contributed by atoms with Crippen LogP contribution in [-0.2, 0) is 10.0 Å².